The van der Waals surface area contributed by atoms with Crippen LogP contribution in [0, 0.1) is 10.1 Å². The number of nitrogens with zero attached hydrogens (tertiary/aromatic N) is 3. The second-order valence-corrected chi connectivity index (χ2v) is 9.20. The molecule has 0 atom stereocenters. The Kier molecular flexibility index (Phi) is 8.11. The number of benzene rings is 2. The van der Waals surface area contributed by atoms with Crippen LogP contribution in [-0.4, -0.2) is 71.7 Å². The van der Waals surface area contributed by atoms with Crippen molar-refractivity contribution in [3.05, 3.63) is 62.5 Å². The SMILES string of the molecule is COc1cc(/C=C2\SC(=O)N(CC(=O)N3CCOCC3)C2=O)ccc1Oc1ccc(C(F)(F)F)cc1[N+](=O)[O-]. The second-order valence-electron chi connectivity index (χ2n) is 8.21. The predicted octanol–water partition coefficient (Wildman–Crippen LogP) is 4.31. The Bertz CT molecular complexity index is 1360. The Morgan fingerprint density at radius 1 is 1.13 bits per heavy atom. The van der Waals surface area contributed by atoms with E-state index < -0.39 is 45.8 Å². The fourth-order valence-corrected chi connectivity index (χ4v) is 4.57. The summed E-state index contributed by atoms with van der Waals surface area (Å²) in [6.07, 6.45) is -3.38. The van der Waals surface area contributed by atoms with E-state index in [-0.39, 0.29) is 22.3 Å². The highest BCUT2D eigenvalue weighted by atomic mass is 32.2. The van der Waals surface area contributed by atoms with E-state index in [9.17, 15) is 37.7 Å². The van der Waals surface area contributed by atoms with E-state index in [0.717, 1.165) is 11.0 Å². The lowest BCUT2D eigenvalue weighted by molar-refractivity contribution is -0.385. The summed E-state index contributed by atoms with van der Waals surface area (Å²) in [7, 11) is 1.28. The largest absolute Gasteiger partial charge is 0.493 e. The van der Waals surface area contributed by atoms with Crippen LogP contribution < -0.4 is 9.47 Å². The number of alkyl halides is 3. The number of nitro benzene ring substituents is 1. The molecule has 0 bridgehead atoms. The molecule has 2 fully saturated rings. The number of amides is 3. The van der Waals surface area contributed by atoms with Gasteiger partial charge >= 0.3 is 11.9 Å². The Morgan fingerprint density at radius 2 is 1.82 bits per heavy atom. The van der Waals surface area contributed by atoms with Crippen molar-refractivity contribution in [2.24, 2.45) is 0 Å². The molecular weight excluding hydrogens is 547 g/mol. The van der Waals surface area contributed by atoms with Crippen molar-refractivity contribution < 1.29 is 46.7 Å². The number of rotatable bonds is 7. The maximum Gasteiger partial charge on any atom is 0.416 e. The van der Waals surface area contributed by atoms with Crippen LogP contribution in [0.15, 0.2) is 41.3 Å². The molecule has 0 aliphatic carbocycles. The molecule has 2 aliphatic rings. The molecule has 0 unspecified atom stereocenters. The van der Waals surface area contributed by atoms with Gasteiger partial charge < -0.3 is 19.1 Å². The van der Waals surface area contributed by atoms with E-state index in [0.29, 0.717) is 55.8 Å². The van der Waals surface area contributed by atoms with Gasteiger partial charge in [-0.2, -0.15) is 13.2 Å². The molecule has 0 saturated carbocycles. The van der Waals surface area contributed by atoms with E-state index in [4.69, 9.17) is 14.2 Å². The molecule has 4 rings (SSSR count). The van der Waals surface area contributed by atoms with Crippen molar-refractivity contribution in [2.45, 2.75) is 6.18 Å². The summed E-state index contributed by atoms with van der Waals surface area (Å²) >= 11 is 0.658. The quantitative estimate of drug-likeness (QED) is 0.273. The number of ether oxygens (including phenoxy) is 3. The third-order valence-corrected chi connectivity index (χ3v) is 6.63. The van der Waals surface area contributed by atoms with Crippen molar-refractivity contribution in [1.29, 1.82) is 0 Å². The van der Waals surface area contributed by atoms with Gasteiger partial charge in [0.2, 0.25) is 11.7 Å². The van der Waals surface area contributed by atoms with E-state index in [1.54, 1.807) is 0 Å². The average Bonchev–Trinajstić information content (AvgIpc) is 3.16. The van der Waals surface area contributed by atoms with Crippen LogP contribution in [0.2, 0.25) is 0 Å². The van der Waals surface area contributed by atoms with Crippen molar-refractivity contribution in [2.75, 3.05) is 40.0 Å². The highest BCUT2D eigenvalue weighted by Gasteiger charge is 2.37. The van der Waals surface area contributed by atoms with Gasteiger partial charge in [0.1, 0.15) is 6.54 Å². The Morgan fingerprint density at radius 3 is 2.46 bits per heavy atom. The summed E-state index contributed by atoms with van der Waals surface area (Å²) < 4.78 is 54.9. The number of morpholine rings is 1. The minimum Gasteiger partial charge on any atom is -0.493 e. The minimum absolute atomic E-state index is 0.0401. The Hall–Kier alpha value is -4.11. The molecule has 2 saturated heterocycles. The molecule has 3 amide bonds. The number of carbonyl (C=O) groups excluding carboxylic acids is 3. The summed E-state index contributed by atoms with van der Waals surface area (Å²) in [5.74, 6) is -1.44. The first-order valence-corrected chi connectivity index (χ1v) is 12.1. The van der Waals surface area contributed by atoms with Crippen LogP contribution >= 0.6 is 11.8 Å². The maximum atomic E-state index is 13.0. The summed E-state index contributed by atoms with van der Waals surface area (Å²) in [4.78, 5) is 50.5. The fourth-order valence-electron chi connectivity index (χ4n) is 3.74. The zero-order valence-corrected chi connectivity index (χ0v) is 21.0. The van der Waals surface area contributed by atoms with Crippen LogP contribution in [0.3, 0.4) is 0 Å². The molecule has 0 N–H and O–H groups in total. The third kappa shape index (κ3) is 6.31. The molecule has 15 heteroatoms. The first-order chi connectivity index (χ1) is 18.5. The summed E-state index contributed by atoms with van der Waals surface area (Å²) in [6, 6.07) is 6.08. The van der Waals surface area contributed by atoms with Gasteiger partial charge in [-0.25, -0.2) is 0 Å². The minimum atomic E-state index is -4.78. The number of hydrogen-bond donors (Lipinski definition) is 0. The van der Waals surface area contributed by atoms with Gasteiger partial charge in [-0.1, -0.05) is 6.07 Å². The number of thioether (sulfide) groups is 1. The molecule has 0 aromatic heterocycles. The highest BCUT2D eigenvalue weighted by molar-refractivity contribution is 8.18. The van der Waals surface area contributed by atoms with Gasteiger partial charge in [-0.3, -0.25) is 29.4 Å². The van der Waals surface area contributed by atoms with E-state index in [1.807, 2.05) is 0 Å². The van der Waals surface area contributed by atoms with Crippen molar-refractivity contribution in [3.63, 3.8) is 0 Å². The normalized spacial score (nSPS) is 17.1. The summed E-state index contributed by atoms with van der Waals surface area (Å²) in [5.41, 5.74) is -1.70. The molecule has 0 radical (unpaired) electrons. The van der Waals surface area contributed by atoms with Gasteiger partial charge in [-0.15, -0.1) is 0 Å². The lowest BCUT2D eigenvalue weighted by Crippen LogP contribution is -2.46. The molecule has 39 heavy (non-hydrogen) atoms. The van der Waals surface area contributed by atoms with Crippen molar-refractivity contribution in [1.82, 2.24) is 9.80 Å². The van der Waals surface area contributed by atoms with E-state index in [2.05, 4.69) is 0 Å². The molecule has 2 aliphatic heterocycles. The maximum absolute atomic E-state index is 13.0. The number of hydrogen-bond acceptors (Lipinski definition) is 9. The predicted molar refractivity (Wildman–Crippen MR) is 131 cm³/mol. The van der Waals surface area contributed by atoms with E-state index in [1.165, 1.54) is 36.3 Å². The standard InChI is InChI=1S/C24H20F3N3O8S/c1-36-19-10-14(2-4-18(19)38-17-5-3-15(24(25,26)27)12-16(17)30(34)35)11-20-22(32)29(23(33)39-20)13-21(31)28-6-8-37-9-7-28/h2-5,10-12H,6-9,13H2,1H3/b20-11-. The Balaban J connectivity index is 1.53. The molecule has 2 aromatic rings. The molecule has 206 valence electrons. The first kappa shape index (κ1) is 27.9. The zero-order chi connectivity index (χ0) is 28.3. The van der Waals surface area contributed by atoms with Gasteiger partial charge in [0, 0.05) is 19.2 Å². The third-order valence-electron chi connectivity index (χ3n) is 5.72. The van der Waals surface area contributed by atoms with Crippen LogP contribution in [0.4, 0.5) is 23.7 Å². The monoisotopic (exact) mass is 567 g/mol. The topological polar surface area (TPSA) is 129 Å². The van der Waals surface area contributed by atoms with Crippen molar-refractivity contribution in [3.8, 4) is 17.2 Å². The number of imide groups is 1. The molecule has 2 heterocycles. The van der Waals surface area contributed by atoms with Gasteiger partial charge in [0.15, 0.2) is 11.5 Å². The number of halogens is 3. The van der Waals surface area contributed by atoms with Crippen LogP contribution in [-0.2, 0) is 20.5 Å². The fraction of sp³-hybridized carbons (Fsp3) is 0.292. The lowest BCUT2D eigenvalue weighted by Gasteiger charge is -2.28. The van der Waals surface area contributed by atoms with Crippen molar-refractivity contribution >= 4 is 40.6 Å². The summed E-state index contributed by atoms with van der Waals surface area (Å²) in [6.45, 7) is 1.09. The van der Waals surface area contributed by atoms with Crippen LogP contribution in [0.1, 0.15) is 11.1 Å². The van der Waals surface area contributed by atoms with E-state index >= 15 is 0 Å². The zero-order valence-electron chi connectivity index (χ0n) is 20.2. The molecule has 2 aromatic carbocycles. The van der Waals surface area contributed by atoms with Gasteiger partial charge in [-0.05, 0) is 47.7 Å². The second kappa shape index (κ2) is 11.3. The lowest BCUT2D eigenvalue weighted by atomic mass is 10.1. The highest BCUT2D eigenvalue weighted by Crippen LogP contribution is 2.41. The van der Waals surface area contributed by atoms with Gasteiger partial charge in [0.05, 0.1) is 35.7 Å². The molecule has 0 spiro atoms. The summed E-state index contributed by atoms with van der Waals surface area (Å²) in [5, 5.41) is 10.8. The average molecular weight is 567 g/mol. The Labute approximate surface area is 223 Å². The number of carbonyl (C=O) groups is 3. The number of methoxy groups -OCH3 is 1. The number of nitro groups is 1. The van der Waals surface area contributed by atoms with Gasteiger partial charge in [0.25, 0.3) is 11.1 Å². The molecular formula is C24H20F3N3O8S. The first-order valence-electron chi connectivity index (χ1n) is 11.3. The molecule has 11 nitrogen and oxygen atoms in total. The smallest absolute Gasteiger partial charge is 0.416 e. The van der Waals surface area contributed by atoms with Crippen LogP contribution in [0.25, 0.3) is 6.08 Å². The van der Waals surface area contributed by atoms with Crippen LogP contribution in [0.5, 0.6) is 17.2 Å².